The minimum atomic E-state index is 0.793. The number of hydrogen-bond donors (Lipinski definition) is 0. The Hall–Kier alpha value is -3.12. The molecule has 0 spiro atoms. The number of benzene rings is 4. The Morgan fingerprint density at radius 2 is 1.10 bits per heavy atom. The van der Waals surface area contributed by atoms with Crippen LogP contribution in [-0.2, 0) is 0 Å². The molecule has 0 atom stereocenters. The van der Waals surface area contributed by atoms with Crippen LogP contribution in [-0.4, -0.2) is 14.2 Å². The van der Waals surface area contributed by atoms with E-state index in [1.54, 1.807) is 14.2 Å². The largest absolute Gasteiger partial charge is 0.496 e. The van der Waals surface area contributed by atoms with Gasteiger partial charge in [0.1, 0.15) is 11.5 Å². The summed E-state index contributed by atoms with van der Waals surface area (Å²) in [4.78, 5) is 0. The maximum Gasteiger partial charge on any atom is 0.219 e. The van der Waals surface area contributed by atoms with Crippen LogP contribution in [0.1, 0.15) is 0 Å². The number of pyridine rings is 1. The van der Waals surface area contributed by atoms with Gasteiger partial charge in [0.15, 0.2) is 0 Å². The molecule has 1 aromatic heterocycles. The van der Waals surface area contributed by atoms with Crippen molar-refractivity contribution in [1.82, 2.24) is 0 Å². The number of methoxy groups -OCH3 is 2. The Balaban J connectivity index is 2.00. The maximum atomic E-state index is 5.78. The van der Waals surface area contributed by atoms with Crippen LogP contribution >= 0.6 is 22.6 Å². The molecular weight excluding hydrogens is 497 g/mol. The molecule has 0 aliphatic rings. The molecule has 4 aromatic carbocycles. The van der Waals surface area contributed by atoms with E-state index in [0.29, 0.717) is 0 Å². The molecule has 0 fully saturated rings. The van der Waals surface area contributed by atoms with Crippen LogP contribution < -0.4 is 14.0 Å². The van der Waals surface area contributed by atoms with Crippen molar-refractivity contribution in [2.75, 3.05) is 14.2 Å². The van der Waals surface area contributed by atoms with Gasteiger partial charge >= 0.3 is 0 Å². The second kappa shape index (κ2) is 8.19. The van der Waals surface area contributed by atoms with Gasteiger partial charge in [0.05, 0.1) is 30.6 Å². The number of aromatic nitrogens is 1. The van der Waals surface area contributed by atoms with Gasteiger partial charge in [-0.3, -0.25) is 0 Å². The number of para-hydroxylation sites is 2. The summed E-state index contributed by atoms with van der Waals surface area (Å²) in [5.41, 5.74) is 5.47. The highest BCUT2D eigenvalue weighted by Crippen LogP contribution is 2.44. The van der Waals surface area contributed by atoms with Crippen molar-refractivity contribution in [3.8, 4) is 28.3 Å². The van der Waals surface area contributed by atoms with E-state index in [2.05, 4.69) is 100.0 Å². The first-order chi connectivity index (χ1) is 15.2. The van der Waals surface area contributed by atoms with Crippen molar-refractivity contribution >= 4 is 44.4 Å². The Bertz CT molecular complexity index is 1330. The Morgan fingerprint density at radius 3 is 1.61 bits per heavy atom. The molecule has 31 heavy (non-hydrogen) atoms. The van der Waals surface area contributed by atoms with Crippen LogP contribution in [0.5, 0.6) is 11.5 Å². The van der Waals surface area contributed by atoms with Gasteiger partial charge in [-0.05, 0) is 59.0 Å². The predicted molar refractivity (Wildman–Crippen MR) is 134 cm³/mol. The minimum Gasteiger partial charge on any atom is -0.496 e. The van der Waals surface area contributed by atoms with E-state index >= 15 is 0 Å². The summed E-state index contributed by atoms with van der Waals surface area (Å²) in [7, 11) is 3.41. The summed E-state index contributed by atoms with van der Waals surface area (Å²) in [6.07, 6.45) is 0. The smallest absolute Gasteiger partial charge is 0.219 e. The number of hydrogen-bond acceptors (Lipinski definition) is 2. The fourth-order valence-corrected chi connectivity index (χ4v) is 4.63. The summed E-state index contributed by atoms with van der Waals surface area (Å²) in [5, 5.41) is 2.28. The summed E-state index contributed by atoms with van der Waals surface area (Å²) >= 11 is 2.34. The van der Waals surface area contributed by atoms with E-state index in [0.717, 1.165) is 50.1 Å². The van der Waals surface area contributed by atoms with Gasteiger partial charge in [0, 0.05) is 33.4 Å². The van der Waals surface area contributed by atoms with E-state index < -0.39 is 0 Å². The van der Waals surface area contributed by atoms with Gasteiger partial charge in [-0.15, -0.1) is 0 Å². The van der Waals surface area contributed by atoms with E-state index in [1.807, 2.05) is 18.2 Å². The van der Waals surface area contributed by atoms with Crippen molar-refractivity contribution in [3.05, 3.63) is 94.6 Å². The minimum absolute atomic E-state index is 0.793. The molecular formula is C27H21INO2+. The normalized spacial score (nSPS) is 11.1. The van der Waals surface area contributed by atoms with Crippen LogP contribution in [0.2, 0.25) is 0 Å². The first-order valence-corrected chi connectivity index (χ1v) is 11.1. The van der Waals surface area contributed by atoms with Gasteiger partial charge < -0.3 is 9.47 Å². The summed E-state index contributed by atoms with van der Waals surface area (Å²) < 4.78 is 15.1. The molecule has 1 heterocycles. The molecule has 4 heteroatoms. The first kappa shape index (κ1) is 19.8. The lowest BCUT2D eigenvalue weighted by molar-refractivity contribution is -0.537. The molecule has 0 amide bonds. The third kappa shape index (κ3) is 3.31. The molecule has 0 unspecified atom stereocenters. The van der Waals surface area contributed by atoms with Crippen molar-refractivity contribution in [2.45, 2.75) is 0 Å². The highest BCUT2D eigenvalue weighted by atomic mass is 127. The summed E-state index contributed by atoms with van der Waals surface area (Å²) in [6, 6.07) is 31.6. The monoisotopic (exact) mass is 518 g/mol. The Morgan fingerprint density at radius 1 is 0.581 bits per heavy atom. The van der Waals surface area contributed by atoms with Gasteiger partial charge in [0.25, 0.3) is 0 Å². The van der Waals surface area contributed by atoms with E-state index in [9.17, 15) is 0 Å². The van der Waals surface area contributed by atoms with Gasteiger partial charge in [-0.25, -0.2) is 0 Å². The zero-order valence-corrected chi connectivity index (χ0v) is 19.5. The molecule has 0 aliphatic heterocycles. The first-order valence-electron chi connectivity index (χ1n) is 10.1. The lowest BCUT2D eigenvalue weighted by Gasteiger charge is -2.17. The Kier molecular flexibility index (Phi) is 5.24. The van der Waals surface area contributed by atoms with Crippen LogP contribution in [0, 0.1) is 3.57 Å². The lowest BCUT2D eigenvalue weighted by Crippen LogP contribution is -2.33. The van der Waals surface area contributed by atoms with Crippen molar-refractivity contribution in [3.63, 3.8) is 0 Å². The van der Waals surface area contributed by atoms with Crippen LogP contribution in [0.25, 0.3) is 38.6 Å². The topological polar surface area (TPSA) is 22.3 Å². The fraction of sp³-hybridized carbons (Fsp3) is 0.0741. The highest BCUT2D eigenvalue weighted by Gasteiger charge is 2.26. The van der Waals surface area contributed by atoms with Crippen LogP contribution in [0.15, 0.2) is 91.0 Å². The Labute approximate surface area is 195 Å². The number of halogens is 1. The second-order valence-corrected chi connectivity index (χ2v) is 8.50. The highest BCUT2D eigenvalue weighted by molar-refractivity contribution is 14.1. The predicted octanol–water partition coefficient (Wildman–Crippen LogP) is 6.56. The number of nitrogens with zero attached hydrogens (tertiary/aromatic N) is 1. The third-order valence-corrected chi connectivity index (χ3v) is 6.31. The molecule has 5 aromatic rings. The van der Waals surface area contributed by atoms with E-state index in [-0.39, 0.29) is 0 Å². The second-order valence-electron chi connectivity index (χ2n) is 7.26. The molecule has 0 bridgehead atoms. The molecule has 0 radical (unpaired) electrons. The molecule has 0 aliphatic carbocycles. The quantitative estimate of drug-likeness (QED) is 0.153. The average Bonchev–Trinajstić information content (AvgIpc) is 2.82. The molecule has 0 saturated heterocycles. The molecule has 152 valence electrons. The van der Waals surface area contributed by atoms with Crippen molar-refractivity contribution in [1.29, 1.82) is 0 Å². The van der Waals surface area contributed by atoms with Crippen molar-refractivity contribution < 1.29 is 14.0 Å². The zero-order chi connectivity index (χ0) is 21.4. The van der Waals surface area contributed by atoms with E-state index in [1.165, 1.54) is 3.57 Å². The van der Waals surface area contributed by atoms with E-state index in [4.69, 9.17) is 9.47 Å². The van der Waals surface area contributed by atoms with Gasteiger partial charge in [0.2, 0.25) is 16.7 Å². The SMILES string of the molecule is COc1cccc(OC)c1-c1c2ccccc2[n+](-c2ccc(I)cc2)c2ccccc12. The standard InChI is InChI=1S/C27H21INO2/c1-30-24-12-7-13-25(31-2)27(24)26-20-8-3-5-10-22(20)29(19-16-14-18(28)15-17-19)23-11-6-4-9-21(23)26/h3-17H,1-2H3/q+1. The number of ether oxygens (including phenoxy) is 2. The third-order valence-electron chi connectivity index (χ3n) is 5.59. The van der Waals surface area contributed by atoms with Crippen molar-refractivity contribution in [2.24, 2.45) is 0 Å². The molecule has 0 N–H and O–H groups in total. The summed E-state index contributed by atoms with van der Waals surface area (Å²) in [5.74, 6) is 1.59. The molecule has 3 nitrogen and oxygen atoms in total. The fourth-order valence-electron chi connectivity index (χ4n) is 4.27. The molecule has 5 rings (SSSR count). The average molecular weight is 518 g/mol. The van der Waals surface area contributed by atoms with Gasteiger partial charge in [-0.2, -0.15) is 4.57 Å². The number of fused-ring (bicyclic) bond motifs is 2. The maximum absolute atomic E-state index is 5.78. The lowest BCUT2D eigenvalue weighted by atomic mass is 9.94. The summed E-state index contributed by atoms with van der Waals surface area (Å²) in [6.45, 7) is 0. The van der Waals surface area contributed by atoms with Crippen LogP contribution in [0.3, 0.4) is 0 Å². The molecule has 0 saturated carbocycles. The number of rotatable bonds is 4. The zero-order valence-electron chi connectivity index (χ0n) is 17.3. The van der Waals surface area contributed by atoms with Gasteiger partial charge in [-0.1, -0.05) is 30.3 Å². The van der Waals surface area contributed by atoms with Crippen LogP contribution in [0.4, 0.5) is 0 Å².